The van der Waals surface area contributed by atoms with Gasteiger partial charge in [-0.25, -0.2) is 0 Å². The number of aliphatic hydroxyl groups is 1. The van der Waals surface area contributed by atoms with Gasteiger partial charge in [-0.3, -0.25) is 14.4 Å². The second-order valence-corrected chi connectivity index (χ2v) is 9.50. The Morgan fingerprint density at radius 3 is 2.64 bits per heavy atom. The van der Waals surface area contributed by atoms with Crippen LogP contribution in [0.1, 0.15) is 26.2 Å². The number of hydrogen-bond acceptors (Lipinski definition) is 5. The lowest BCUT2D eigenvalue weighted by atomic mass is 9.66. The summed E-state index contributed by atoms with van der Waals surface area (Å²) in [6.07, 6.45) is 1.47. The van der Waals surface area contributed by atoms with Gasteiger partial charge in [0.1, 0.15) is 11.6 Å². The highest BCUT2D eigenvalue weighted by atomic mass is 16.5. The Bertz CT molecular complexity index is 1140. The predicted molar refractivity (Wildman–Crippen MR) is 122 cm³/mol. The molecule has 3 amide bonds. The fraction of sp³-hybridized carbons (Fsp3) is 0.480. The molecule has 5 rings (SSSR count). The van der Waals surface area contributed by atoms with Crippen LogP contribution in [0.4, 0.5) is 5.69 Å². The van der Waals surface area contributed by atoms with Crippen molar-refractivity contribution in [3.63, 3.8) is 0 Å². The van der Waals surface area contributed by atoms with E-state index in [1.807, 2.05) is 49.4 Å². The van der Waals surface area contributed by atoms with Crippen molar-refractivity contribution in [2.24, 2.45) is 11.8 Å². The first-order valence-electron chi connectivity index (χ1n) is 11.5. The molecule has 0 saturated carbocycles. The zero-order valence-electron chi connectivity index (χ0n) is 18.8. The molecule has 8 heteroatoms. The summed E-state index contributed by atoms with van der Waals surface area (Å²) in [5, 5.41) is 17.1. The molecule has 3 aliphatic heterocycles. The summed E-state index contributed by atoms with van der Waals surface area (Å²) in [4.78, 5) is 41.6. The number of benzene rings is 2. The average molecular weight is 452 g/mol. The molecule has 3 aliphatic rings. The number of carbonyl (C=O) groups is 3. The number of carbonyl (C=O) groups excluding carboxylic acids is 3. The van der Waals surface area contributed by atoms with Crippen molar-refractivity contribution in [1.82, 2.24) is 10.2 Å². The number of rotatable bonds is 6. The third kappa shape index (κ3) is 3.15. The Balaban J connectivity index is 1.51. The third-order valence-corrected chi connectivity index (χ3v) is 7.63. The van der Waals surface area contributed by atoms with E-state index in [0.29, 0.717) is 24.9 Å². The lowest BCUT2D eigenvalue weighted by Crippen LogP contribution is -2.53. The van der Waals surface area contributed by atoms with Gasteiger partial charge in [0.05, 0.1) is 17.4 Å². The number of nitrogens with one attached hydrogen (secondary N) is 2. The molecule has 3 fully saturated rings. The highest BCUT2D eigenvalue weighted by molar-refractivity contribution is 6.04. The summed E-state index contributed by atoms with van der Waals surface area (Å²) in [5.74, 6) is -2.20. The normalized spacial score (nSPS) is 32.3. The monoisotopic (exact) mass is 451 g/mol. The van der Waals surface area contributed by atoms with Crippen LogP contribution in [0, 0.1) is 11.8 Å². The second kappa shape index (κ2) is 7.81. The van der Waals surface area contributed by atoms with Crippen molar-refractivity contribution in [2.75, 3.05) is 25.5 Å². The van der Waals surface area contributed by atoms with Crippen molar-refractivity contribution >= 4 is 34.2 Å². The number of nitrogens with zero attached hydrogens (tertiary/aromatic N) is 1. The SMILES string of the molecule is CNC(=O)[C@@H]1[C@H]2C(=O)N(CCCO)C(C(=O)Nc3ccc4ccccc4c3)C23CC[C@@]1(C)O3. The van der Waals surface area contributed by atoms with Crippen LogP contribution in [0.15, 0.2) is 42.5 Å². The molecule has 1 spiro atoms. The van der Waals surface area contributed by atoms with Gasteiger partial charge in [0, 0.05) is 25.9 Å². The van der Waals surface area contributed by atoms with Gasteiger partial charge in [-0.15, -0.1) is 0 Å². The number of likely N-dealkylation sites (tertiary alicyclic amines) is 1. The van der Waals surface area contributed by atoms with Crippen LogP contribution < -0.4 is 10.6 Å². The van der Waals surface area contributed by atoms with E-state index in [-0.39, 0.29) is 30.9 Å². The summed E-state index contributed by atoms with van der Waals surface area (Å²) in [6, 6.07) is 12.7. The van der Waals surface area contributed by atoms with Crippen LogP contribution in [0.3, 0.4) is 0 Å². The summed E-state index contributed by atoms with van der Waals surface area (Å²) in [5.41, 5.74) is -1.21. The van der Waals surface area contributed by atoms with Crippen molar-refractivity contribution in [2.45, 2.75) is 43.4 Å². The predicted octanol–water partition coefficient (Wildman–Crippen LogP) is 1.67. The van der Waals surface area contributed by atoms with E-state index in [0.717, 1.165) is 10.8 Å². The van der Waals surface area contributed by atoms with Crippen molar-refractivity contribution in [1.29, 1.82) is 0 Å². The fourth-order valence-electron chi connectivity index (χ4n) is 6.24. The maximum Gasteiger partial charge on any atom is 0.250 e. The number of hydrogen-bond donors (Lipinski definition) is 3. The second-order valence-electron chi connectivity index (χ2n) is 9.50. The highest BCUT2D eigenvalue weighted by Gasteiger charge is 2.77. The van der Waals surface area contributed by atoms with Gasteiger partial charge in [0.15, 0.2) is 0 Å². The minimum atomic E-state index is -1.06. The van der Waals surface area contributed by atoms with Gasteiger partial charge < -0.3 is 25.4 Å². The molecule has 3 saturated heterocycles. The van der Waals surface area contributed by atoms with Crippen molar-refractivity contribution < 1.29 is 24.2 Å². The Hall–Kier alpha value is -2.97. The van der Waals surface area contributed by atoms with Crippen LogP contribution in [0.2, 0.25) is 0 Å². The van der Waals surface area contributed by atoms with E-state index < -0.39 is 29.1 Å². The molecule has 8 nitrogen and oxygen atoms in total. The first-order valence-corrected chi connectivity index (χ1v) is 11.5. The van der Waals surface area contributed by atoms with Crippen LogP contribution >= 0.6 is 0 Å². The first-order chi connectivity index (χ1) is 15.8. The number of amides is 3. The molecule has 3 heterocycles. The van der Waals surface area contributed by atoms with E-state index in [1.165, 1.54) is 4.90 Å². The molecule has 3 N–H and O–H groups in total. The molecule has 0 radical (unpaired) electrons. The molecule has 0 aromatic heterocycles. The van der Waals surface area contributed by atoms with Crippen molar-refractivity contribution in [3.8, 4) is 0 Å². The van der Waals surface area contributed by atoms with E-state index in [2.05, 4.69) is 10.6 Å². The standard InChI is InChI=1S/C25H29N3O5/c1-24-10-11-25(33-24)19(18(24)21(30)26-2)23(32)28(12-5-13-29)20(25)22(31)27-17-9-8-15-6-3-4-7-16(15)14-17/h3-4,6-9,14,18-20,29H,5,10-13H2,1-2H3,(H,26,30)(H,27,31)/t18-,19-,20?,24+,25?/m0/s1. The minimum absolute atomic E-state index is 0.0993. The van der Waals surface area contributed by atoms with Crippen LogP contribution in [0.25, 0.3) is 10.8 Å². The lowest BCUT2D eigenvalue weighted by Gasteiger charge is -2.33. The average Bonchev–Trinajstić information content (AvgIpc) is 3.37. The summed E-state index contributed by atoms with van der Waals surface area (Å²) < 4.78 is 6.48. The molecule has 33 heavy (non-hydrogen) atoms. The zero-order valence-corrected chi connectivity index (χ0v) is 18.8. The van der Waals surface area contributed by atoms with E-state index in [4.69, 9.17) is 4.74 Å². The van der Waals surface area contributed by atoms with Crippen LogP contribution in [-0.4, -0.2) is 65.2 Å². The molecule has 2 aromatic rings. The number of aliphatic hydroxyl groups excluding tert-OH is 1. The maximum absolute atomic E-state index is 13.7. The molecule has 2 aromatic carbocycles. The van der Waals surface area contributed by atoms with Gasteiger partial charge >= 0.3 is 0 Å². The van der Waals surface area contributed by atoms with E-state index in [9.17, 15) is 19.5 Å². The smallest absolute Gasteiger partial charge is 0.250 e. The first kappa shape index (κ1) is 21.9. The van der Waals surface area contributed by atoms with Gasteiger partial charge in [0.25, 0.3) is 0 Å². The molecular weight excluding hydrogens is 422 g/mol. The number of ether oxygens (including phenoxy) is 1. The highest BCUT2D eigenvalue weighted by Crippen LogP contribution is 2.63. The number of fused-ring (bicyclic) bond motifs is 2. The minimum Gasteiger partial charge on any atom is -0.396 e. The van der Waals surface area contributed by atoms with Gasteiger partial charge in [0.2, 0.25) is 17.7 Å². The molecule has 2 unspecified atom stereocenters. The fourth-order valence-corrected chi connectivity index (χ4v) is 6.24. The Morgan fingerprint density at radius 2 is 1.91 bits per heavy atom. The molecule has 5 atom stereocenters. The van der Waals surface area contributed by atoms with Gasteiger partial charge in [-0.05, 0) is 49.1 Å². The molecular formula is C25H29N3O5. The van der Waals surface area contributed by atoms with Crippen LogP contribution in [-0.2, 0) is 19.1 Å². The molecule has 0 aliphatic carbocycles. The quantitative estimate of drug-likeness (QED) is 0.619. The zero-order chi connectivity index (χ0) is 23.4. The number of anilines is 1. The lowest BCUT2D eigenvalue weighted by molar-refractivity contribution is -0.144. The Morgan fingerprint density at radius 1 is 1.15 bits per heavy atom. The summed E-state index contributed by atoms with van der Waals surface area (Å²) in [6.45, 7) is 1.99. The van der Waals surface area contributed by atoms with E-state index >= 15 is 0 Å². The third-order valence-electron chi connectivity index (χ3n) is 7.63. The van der Waals surface area contributed by atoms with E-state index in [1.54, 1.807) is 7.05 Å². The van der Waals surface area contributed by atoms with Gasteiger partial charge in [-0.2, -0.15) is 0 Å². The van der Waals surface area contributed by atoms with Crippen molar-refractivity contribution in [3.05, 3.63) is 42.5 Å². The van der Waals surface area contributed by atoms with Gasteiger partial charge in [-0.1, -0.05) is 30.3 Å². The Kier molecular flexibility index (Phi) is 5.17. The maximum atomic E-state index is 13.7. The topological polar surface area (TPSA) is 108 Å². The Labute approximate surface area is 192 Å². The largest absolute Gasteiger partial charge is 0.396 e. The van der Waals surface area contributed by atoms with Crippen LogP contribution in [0.5, 0.6) is 0 Å². The molecule has 174 valence electrons. The molecule has 2 bridgehead atoms. The summed E-state index contributed by atoms with van der Waals surface area (Å²) in [7, 11) is 1.55. The summed E-state index contributed by atoms with van der Waals surface area (Å²) >= 11 is 0.